The van der Waals surface area contributed by atoms with Crippen LogP contribution in [0.15, 0.2) is 41.8 Å². The van der Waals surface area contributed by atoms with Crippen molar-refractivity contribution in [3.05, 3.63) is 69.4 Å². The Hall–Kier alpha value is -3.08. The van der Waals surface area contributed by atoms with Gasteiger partial charge in [-0.1, -0.05) is 19.1 Å². The summed E-state index contributed by atoms with van der Waals surface area (Å²) in [5.41, 5.74) is 3.46. The highest BCUT2D eigenvalue weighted by Crippen LogP contribution is 2.37. The molecule has 10 heteroatoms. The molecule has 1 amide bonds. The molecule has 1 fully saturated rings. The monoisotopic (exact) mass is 546 g/mol. The van der Waals surface area contributed by atoms with Crippen LogP contribution in [0.3, 0.4) is 0 Å². The highest BCUT2D eigenvalue weighted by atomic mass is 32.1. The maximum atomic E-state index is 15.4. The number of carbonyl (C=O) groups excluding carboxylic acids is 1. The molecular weight excluding hydrogens is 514 g/mol. The van der Waals surface area contributed by atoms with Gasteiger partial charge in [0.1, 0.15) is 11.5 Å². The van der Waals surface area contributed by atoms with E-state index in [4.69, 9.17) is 9.31 Å². The normalized spacial score (nSPS) is 20.0. The summed E-state index contributed by atoms with van der Waals surface area (Å²) in [7, 11) is -0.649. The van der Waals surface area contributed by atoms with Gasteiger partial charge in [-0.15, -0.1) is 11.3 Å². The molecule has 0 N–H and O–H groups in total. The number of aromatic nitrogens is 3. The van der Waals surface area contributed by atoms with Gasteiger partial charge in [0.2, 0.25) is 0 Å². The first-order valence-corrected chi connectivity index (χ1v) is 14.3. The Labute approximate surface area is 232 Å². The van der Waals surface area contributed by atoms with Crippen molar-refractivity contribution >= 4 is 35.5 Å². The van der Waals surface area contributed by atoms with E-state index in [1.807, 2.05) is 45.6 Å². The lowest BCUT2D eigenvalue weighted by molar-refractivity contribution is 0.00578. The van der Waals surface area contributed by atoms with Crippen LogP contribution in [0.1, 0.15) is 74.2 Å². The fraction of sp³-hybridized carbons (Fsp3) is 0.414. The molecule has 0 bridgehead atoms. The van der Waals surface area contributed by atoms with E-state index in [1.165, 1.54) is 16.5 Å². The number of hydrogen-bond donors (Lipinski definition) is 0. The summed E-state index contributed by atoms with van der Waals surface area (Å²) in [6.45, 7) is 12.6. The Morgan fingerprint density at radius 2 is 1.90 bits per heavy atom. The standard InChI is InChI=1S/C29H32BFN4O3S/c1-7-20-15-24(27(36)34-12-10-18-11-13-39-26(18)17(34)2)32-25-16-23(33-35(20)25)21-9-8-19(14-22(21)31)30-37-28(3,4)29(5,6)38-30/h8-9,11,13-17H,7,10,12H2,1-6H3. The Morgan fingerprint density at radius 3 is 2.59 bits per heavy atom. The van der Waals surface area contributed by atoms with Crippen molar-refractivity contribution in [1.29, 1.82) is 0 Å². The number of aryl methyl sites for hydroxylation is 1. The second kappa shape index (κ2) is 9.25. The molecule has 1 unspecified atom stereocenters. The van der Waals surface area contributed by atoms with Gasteiger partial charge >= 0.3 is 7.12 Å². The summed E-state index contributed by atoms with van der Waals surface area (Å²) in [5, 5.41) is 6.75. The predicted octanol–water partition coefficient (Wildman–Crippen LogP) is 5.22. The zero-order valence-electron chi connectivity index (χ0n) is 23.1. The fourth-order valence-electron chi connectivity index (χ4n) is 5.32. The van der Waals surface area contributed by atoms with Gasteiger partial charge in [0.25, 0.3) is 5.91 Å². The second-order valence-electron chi connectivity index (χ2n) is 11.3. The molecule has 0 saturated carbocycles. The minimum absolute atomic E-state index is 0.00131. The highest BCUT2D eigenvalue weighted by Gasteiger charge is 2.51. The largest absolute Gasteiger partial charge is 0.494 e. The van der Waals surface area contributed by atoms with Gasteiger partial charge in [0.05, 0.1) is 22.9 Å². The number of rotatable bonds is 4. The Kier molecular flexibility index (Phi) is 6.20. The maximum absolute atomic E-state index is 15.4. The molecule has 0 radical (unpaired) electrons. The third-order valence-electron chi connectivity index (χ3n) is 8.39. The van der Waals surface area contributed by atoms with Crippen LogP contribution in [0.2, 0.25) is 0 Å². The highest BCUT2D eigenvalue weighted by molar-refractivity contribution is 7.10. The topological polar surface area (TPSA) is 69.0 Å². The molecule has 2 aliphatic rings. The van der Waals surface area contributed by atoms with E-state index in [1.54, 1.807) is 34.1 Å². The molecular formula is C29H32BFN4O3S. The first kappa shape index (κ1) is 26.2. The maximum Gasteiger partial charge on any atom is 0.494 e. The molecule has 0 aliphatic carbocycles. The van der Waals surface area contributed by atoms with Gasteiger partial charge in [-0.2, -0.15) is 5.10 Å². The summed E-state index contributed by atoms with van der Waals surface area (Å²) >= 11 is 1.69. The Bertz CT molecular complexity index is 1580. The molecule has 5 heterocycles. The lowest BCUT2D eigenvalue weighted by Crippen LogP contribution is -2.41. The van der Waals surface area contributed by atoms with Crippen molar-refractivity contribution in [2.75, 3.05) is 6.54 Å². The third-order valence-corrected chi connectivity index (χ3v) is 9.52. The Morgan fingerprint density at radius 1 is 1.15 bits per heavy atom. The van der Waals surface area contributed by atoms with Gasteiger partial charge in [-0.25, -0.2) is 13.9 Å². The molecule has 1 saturated heterocycles. The molecule has 202 valence electrons. The van der Waals surface area contributed by atoms with Crippen LogP contribution in [-0.4, -0.2) is 50.3 Å². The molecule has 3 aromatic heterocycles. The number of halogens is 1. The number of benzene rings is 1. The van der Waals surface area contributed by atoms with E-state index < -0.39 is 24.1 Å². The minimum atomic E-state index is -0.649. The van der Waals surface area contributed by atoms with Crippen molar-refractivity contribution in [2.45, 2.75) is 71.6 Å². The van der Waals surface area contributed by atoms with E-state index >= 15 is 4.39 Å². The Balaban J connectivity index is 1.31. The molecule has 39 heavy (non-hydrogen) atoms. The van der Waals surface area contributed by atoms with Gasteiger partial charge in [-0.3, -0.25) is 4.79 Å². The first-order chi connectivity index (χ1) is 18.5. The number of carbonyl (C=O) groups is 1. The summed E-state index contributed by atoms with van der Waals surface area (Å²) < 4.78 is 29.3. The molecule has 0 spiro atoms. The summed E-state index contributed by atoms with van der Waals surface area (Å²) in [6, 6.07) is 10.6. The lowest BCUT2D eigenvalue weighted by atomic mass is 9.78. The molecule has 4 aromatic rings. The van der Waals surface area contributed by atoms with E-state index in [0.717, 1.165) is 12.1 Å². The average molecular weight is 546 g/mol. The number of fused-ring (bicyclic) bond motifs is 2. The summed E-state index contributed by atoms with van der Waals surface area (Å²) in [5.74, 6) is -0.520. The fourth-order valence-corrected chi connectivity index (χ4v) is 6.34. The molecule has 7 nitrogen and oxygen atoms in total. The minimum Gasteiger partial charge on any atom is -0.399 e. The molecule has 1 aromatic carbocycles. The number of amides is 1. The van der Waals surface area contributed by atoms with Crippen molar-refractivity contribution in [2.24, 2.45) is 0 Å². The van der Waals surface area contributed by atoms with Crippen LogP contribution in [0.25, 0.3) is 16.9 Å². The zero-order valence-corrected chi connectivity index (χ0v) is 23.9. The van der Waals surface area contributed by atoms with E-state index in [9.17, 15) is 4.79 Å². The summed E-state index contributed by atoms with van der Waals surface area (Å²) in [6.07, 6.45) is 1.49. The summed E-state index contributed by atoms with van der Waals surface area (Å²) in [4.78, 5) is 21.4. The van der Waals surface area contributed by atoms with Crippen LogP contribution >= 0.6 is 11.3 Å². The zero-order chi connectivity index (χ0) is 27.7. The van der Waals surface area contributed by atoms with Crippen LogP contribution in [-0.2, 0) is 22.2 Å². The van der Waals surface area contributed by atoms with Gasteiger partial charge in [-0.05, 0) is 82.1 Å². The second-order valence-corrected chi connectivity index (χ2v) is 12.3. The smallest absolute Gasteiger partial charge is 0.399 e. The van der Waals surface area contributed by atoms with E-state index in [2.05, 4.69) is 28.5 Å². The van der Waals surface area contributed by atoms with Crippen molar-refractivity contribution in [3.8, 4) is 11.3 Å². The van der Waals surface area contributed by atoms with Gasteiger partial charge in [0, 0.05) is 28.7 Å². The average Bonchev–Trinajstić information content (AvgIpc) is 3.59. The van der Waals surface area contributed by atoms with Gasteiger partial charge < -0.3 is 14.2 Å². The van der Waals surface area contributed by atoms with Crippen molar-refractivity contribution < 1.29 is 18.5 Å². The molecule has 2 aliphatic heterocycles. The SMILES string of the molecule is CCc1cc(C(=O)N2CCc3ccsc3C2C)nc2cc(-c3ccc(B4OC(C)(C)C(C)(C)O4)cc3F)nn12. The quantitative estimate of drug-likeness (QED) is 0.329. The number of hydrogen-bond acceptors (Lipinski definition) is 6. The number of thiophene rings is 1. The predicted molar refractivity (Wildman–Crippen MR) is 151 cm³/mol. The van der Waals surface area contributed by atoms with Crippen LogP contribution in [0.5, 0.6) is 0 Å². The van der Waals surface area contributed by atoms with Crippen LogP contribution in [0.4, 0.5) is 4.39 Å². The molecule has 1 atom stereocenters. The van der Waals surface area contributed by atoms with Crippen LogP contribution < -0.4 is 5.46 Å². The third kappa shape index (κ3) is 4.29. The first-order valence-electron chi connectivity index (χ1n) is 13.4. The molecule has 6 rings (SSSR count). The number of nitrogens with zero attached hydrogens (tertiary/aromatic N) is 4. The van der Waals surface area contributed by atoms with Crippen LogP contribution in [0, 0.1) is 5.82 Å². The van der Waals surface area contributed by atoms with Gasteiger partial charge in [0.15, 0.2) is 5.65 Å². The van der Waals surface area contributed by atoms with Crippen molar-refractivity contribution in [1.82, 2.24) is 19.5 Å². The van der Waals surface area contributed by atoms with Crippen molar-refractivity contribution in [3.63, 3.8) is 0 Å². The van der Waals surface area contributed by atoms with E-state index in [-0.39, 0.29) is 11.9 Å². The lowest BCUT2D eigenvalue weighted by Gasteiger charge is -2.33. The van der Waals surface area contributed by atoms with E-state index in [0.29, 0.717) is 41.0 Å².